The molecule has 188 valence electrons. The van der Waals surface area contributed by atoms with Gasteiger partial charge in [0.25, 0.3) is 0 Å². The van der Waals surface area contributed by atoms with Crippen LogP contribution >= 0.6 is 0 Å². The zero-order chi connectivity index (χ0) is 25.5. The summed E-state index contributed by atoms with van der Waals surface area (Å²) in [6.45, 7) is 2.53. The Balaban J connectivity index is 1.53. The minimum atomic E-state index is -1.20. The van der Waals surface area contributed by atoms with E-state index in [1.807, 2.05) is 12.1 Å². The second kappa shape index (κ2) is 11.9. The van der Waals surface area contributed by atoms with Gasteiger partial charge < -0.3 is 15.1 Å². The number of benzene rings is 3. The van der Waals surface area contributed by atoms with Gasteiger partial charge in [-0.3, -0.25) is 4.79 Å². The summed E-state index contributed by atoms with van der Waals surface area (Å²) in [6, 6.07) is 21.1. The number of aryl methyl sites for hydroxylation is 1. The Bertz CT molecular complexity index is 1180. The lowest BCUT2D eigenvalue weighted by atomic mass is 10.00. The molecule has 0 aromatic heterocycles. The first-order valence-corrected chi connectivity index (χ1v) is 13.0. The number of carbonyl (C=O) groups excluding carboxylic acids is 1. The van der Waals surface area contributed by atoms with Gasteiger partial charge in [-0.1, -0.05) is 87.6 Å². The van der Waals surface area contributed by atoms with Crippen molar-refractivity contribution in [2.75, 3.05) is 4.90 Å². The SMILES string of the molecule is CCCc1ccc(-c2ccc(CN(C(=O)CCC3CCCC3)c3ccc(C(=O)O)c(O)c3)cc2)cc1. The van der Waals surface area contributed by atoms with Crippen LogP contribution in [0, 0.1) is 5.92 Å². The molecule has 1 aliphatic carbocycles. The average molecular weight is 486 g/mol. The van der Waals surface area contributed by atoms with Gasteiger partial charge in [-0.15, -0.1) is 0 Å². The summed E-state index contributed by atoms with van der Waals surface area (Å²) in [7, 11) is 0. The first-order chi connectivity index (χ1) is 17.4. The highest BCUT2D eigenvalue weighted by Crippen LogP contribution is 2.31. The topological polar surface area (TPSA) is 77.8 Å². The van der Waals surface area contributed by atoms with Crippen molar-refractivity contribution in [3.8, 4) is 16.9 Å². The molecule has 1 aliphatic rings. The Morgan fingerprint density at radius 3 is 2.06 bits per heavy atom. The lowest BCUT2D eigenvalue weighted by molar-refractivity contribution is -0.119. The summed E-state index contributed by atoms with van der Waals surface area (Å²) in [5.41, 5.74) is 4.90. The number of rotatable bonds is 10. The van der Waals surface area contributed by atoms with Gasteiger partial charge in [-0.05, 0) is 53.1 Å². The molecule has 1 fully saturated rings. The average Bonchev–Trinajstić information content (AvgIpc) is 3.40. The fourth-order valence-corrected chi connectivity index (χ4v) is 5.09. The zero-order valence-electron chi connectivity index (χ0n) is 21.0. The van der Waals surface area contributed by atoms with Crippen LogP contribution in [-0.4, -0.2) is 22.1 Å². The normalized spacial score (nSPS) is 13.6. The van der Waals surface area contributed by atoms with E-state index in [1.54, 1.807) is 11.0 Å². The number of anilines is 1. The molecule has 0 aliphatic heterocycles. The maximum Gasteiger partial charge on any atom is 0.339 e. The molecule has 0 saturated heterocycles. The molecule has 3 aromatic carbocycles. The number of hydrogen-bond acceptors (Lipinski definition) is 3. The van der Waals surface area contributed by atoms with Crippen molar-refractivity contribution in [2.45, 2.75) is 64.8 Å². The van der Waals surface area contributed by atoms with E-state index in [-0.39, 0.29) is 17.2 Å². The van der Waals surface area contributed by atoms with Crippen LogP contribution < -0.4 is 4.90 Å². The van der Waals surface area contributed by atoms with Crippen LogP contribution in [0.1, 0.15) is 73.4 Å². The van der Waals surface area contributed by atoms with E-state index in [0.29, 0.717) is 24.6 Å². The van der Waals surface area contributed by atoms with Gasteiger partial charge in [-0.25, -0.2) is 4.79 Å². The maximum absolute atomic E-state index is 13.3. The Morgan fingerprint density at radius 1 is 0.889 bits per heavy atom. The molecule has 36 heavy (non-hydrogen) atoms. The summed E-state index contributed by atoms with van der Waals surface area (Å²) in [6.07, 6.45) is 8.34. The van der Waals surface area contributed by atoms with Crippen molar-refractivity contribution in [2.24, 2.45) is 5.92 Å². The Labute approximate surface area is 213 Å². The molecule has 3 aromatic rings. The molecule has 1 amide bonds. The van der Waals surface area contributed by atoms with Crippen LogP contribution in [0.5, 0.6) is 5.75 Å². The molecule has 0 heterocycles. The number of aromatic hydroxyl groups is 1. The smallest absolute Gasteiger partial charge is 0.339 e. The molecular weight excluding hydrogens is 450 g/mol. The number of amides is 1. The van der Waals surface area contributed by atoms with Gasteiger partial charge >= 0.3 is 5.97 Å². The third-order valence-corrected chi connectivity index (χ3v) is 7.19. The third-order valence-electron chi connectivity index (χ3n) is 7.19. The number of carboxylic acid groups (broad SMARTS) is 1. The molecule has 0 spiro atoms. The monoisotopic (exact) mass is 485 g/mol. The third kappa shape index (κ3) is 6.34. The predicted molar refractivity (Wildman–Crippen MR) is 143 cm³/mol. The molecular formula is C31H35NO4. The number of nitrogens with zero attached hydrogens (tertiary/aromatic N) is 1. The maximum atomic E-state index is 13.3. The quantitative estimate of drug-likeness (QED) is 0.318. The van der Waals surface area contributed by atoms with Crippen LogP contribution in [0.15, 0.2) is 66.7 Å². The zero-order valence-corrected chi connectivity index (χ0v) is 21.0. The Hall–Kier alpha value is -3.60. The molecule has 0 bridgehead atoms. The van der Waals surface area contributed by atoms with Gasteiger partial charge in [0.1, 0.15) is 11.3 Å². The second-order valence-electron chi connectivity index (χ2n) is 9.82. The lowest BCUT2D eigenvalue weighted by Crippen LogP contribution is -2.30. The van der Waals surface area contributed by atoms with Gasteiger partial charge in [0.05, 0.1) is 6.54 Å². The standard InChI is InChI=1S/C31H35NO4/c1-2-5-22-8-13-25(14-9-22)26-15-10-24(11-16-26)21-32(30(34)19-12-23-6-3-4-7-23)27-17-18-28(31(35)36)29(33)20-27/h8-11,13-18,20,23,33H,2-7,12,19,21H2,1H3,(H,35,36). The Kier molecular flexibility index (Phi) is 8.42. The van der Waals surface area contributed by atoms with E-state index >= 15 is 0 Å². The van der Waals surface area contributed by atoms with E-state index in [9.17, 15) is 19.8 Å². The molecule has 2 N–H and O–H groups in total. The lowest BCUT2D eigenvalue weighted by Gasteiger charge is -2.24. The first kappa shape index (κ1) is 25.5. The van der Waals surface area contributed by atoms with Crippen LogP contribution in [0.4, 0.5) is 5.69 Å². The van der Waals surface area contributed by atoms with E-state index < -0.39 is 5.97 Å². The van der Waals surface area contributed by atoms with Crippen molar-refractivity contribution in [1.29, 1.82) is 0 Å². The molecule has 5 nitrogen and oxygen atoms in total. The summed E-state index contributed by atoms with van der Waals surface area (Å²) in [4.78, 5) is 26.3. The minimum Gasteiger partial charge on any atom is -0.507 e. The van der Waals surface area contributed by atoms with Crippen molar-refractivity contribution >= 4 is 17.6 Å². The van der Waals surface area contributed by atoms with Crippen molar-refractivity contribution in [3.63, 3.8) is 0 Å². The van der Waals surface area contributed by atoms with Gasteiger partial charge in [0.2, 0.25) is 5.91 Å². The summed E-state index contributed by atoms with van der Waals surface area (Å²) < 4.78 is 0. The van der Waals surface area contributed by atoms with E-state index in [4.69, 9.17) is 0 Å². The van der Waals surface area contributed by atoms with E-state index in [0.717, 1.165) is 36.0 Å². The molecule has 1 saturated carbocycles. The molecule has 0 unspecified atom stereocenters. The molecule has 4 rings (SSSR count). The first-order valence-electron chi connectivity index (χ1n) is 13.0. The second-order valence-corrected chi connectivity index (χ2v) is 9.82. The van der Waals surface area contributed by atoms with E-state index in [1.165, 1.54) is 43.4 Å². The summed E-state index contributed by atoms with van der Waals surface area (Å²) in [5, 5.41) is 19.5. The van der Waals surface area contributed by atoms with E-state index in [2.05, 4.69) is 43.3 Å². The molecule has 5 heteroatoms. The van der Waals surface area contributed by atoms with Crippen LogP contribution in [0.3, 0.4) is 0 Å². The van der Waals surface area contributed by atoms with Crippen molar-refractivity contribution in [1.82, 2.24) is 0 Å². The van der Waals surface area contributed by atoms with Gasteiger partial charge in [0, 0.05) is 18.2 Å². The largest absolute Gasteiger partial charge is 0.507 e. The van der Waals surface area contributed by atoms with Gasteiger partial charge in [-0.2, -0.15) is 0 Å². The highest BCUT2D eigenvalue weighted by Gasteiger charge is 2.22. The fourth-order valence-electron chi connectivity index (χ4n) is 5.09. The van der Waals surface area contributed by atoms with Crippen LogP contribution in [0.25, 0.3) is 11.1 Å². The molecule has 0 atom stereocenters. The number of hydrogen-bond donors (Lipinski definition) is 2. The summed E-state index contributed by atoms with van der Waals surface area (Å²) >= 11 is 0. The predicted octanol–water partition coefficient (Wildman–Crippen LogP) is 7.21. The van der Waals surface area contributed by atoms with Crippen molar-refractivity contribution in [3.05, 3.63) is 83.4 Å². The highest BCUT2D eigenvalue weighted by atomic mass is 16.4. The van der Waals surface area contributed by atoms with Gasteiger partial charge in [0.15, 0.2) is 0 Å². The highest BCUT2D eigenvalue weighted by molar-refractivity contribution is 5.96. The minimum absolute atomic E-state index is 0.0139. The number of phenols is 1. The van der Waals surface area contributed by atoms with Crippen LogP contribution in [0.2, 0.25) is 0 Å². The number of aromatic carboxylic acids is 1. The summed E-state index contributed by atoms with van der Waals surface area (Å²) in [5.74, 6) is -0.950. The molecule has 0 radical (unpaired) electrons. The number of carbonyl (C=O) groups is 2. The fraction of sp³-hybridized carbons (Fsp3) is 0.355. The van der Waals surface area contributed by atoms with Crippen molar-refractivity contribution < 1.29 is 19.8 Å². The Morgan fingerprint density at radius 2 is 1.50 bits per heavy atom. The van der Waals surface area contributed by atoms with Crippen LogP contribution in [-0.2, 0) is 17.8 Å². The number of carboxylic acids is 1.